The molecule has 0 spiro atoms. The van der Waals surface area contributed by atoms with Crippen molar-refractivity contribution in [2.75, 3.05) is 6.54 Å². The van der Waals surface area contributed by atoms with Crippen LogP contribution in [0.3, 0.4) is 0 Å². The van der Waals surface area contributed by atoms with Gasteiger partial charge in [0.2, 0.25) is 0 Å². The van der Waals surface area contributed by atoms with Gasteiger partial charge in [-0.15, -0.1) is 11.3 Å². The van der Waals surface area contributed by atoms with E-state index >= 15 is 0 Å². The Hall–Kier alpha value is -0.380. The molecular formula is C15H25NOS. The zero-order valence-electron chi connectivity index (χ0n) is 11.7. The molecule has 18 heavy (non-hydrogen) atoms. The maximum Gasteiger partial charge on any atom is 0.0774 e. The van der Waals surface area contributed by atoms with Crippen molar-refractivity contribution in [1.82, 2.24) is 5.32 Å². The molecule has 1 fully saturated rings. The van der Waals surface area contributed by atoms with Gasteiger partial charge in [0.25, 0.3) is 0 Å². The van der Waals surface area contributed by atoms with E-state index in [1.807, 2.05) is 0 Å². The number of aryl methyl sites for hydroxylation is 1. The molecule has 3 heteroatoms. The first-order valence-electron chi connectivity index (χ1n) is 7.00. The van der Waals surface area contributed by atoms with Crippen LogP contribution in [0.2, 0.25) is 0 Å². The average Bonchev–Trinajstić information content (AvgIpc) is 2.72. The molecule has 1 aliphatic carbocycles. The molecule has 1 aromatic rings. The van der Waals surface area contributed by atoms with Gasteiger partial charge in [-0.05, 0) is 49.6 Å². The summed E-state index contributed by atoms with van der Waals surface area (Å²) in [5, 5.41) is 16.3. The molecule has 0 saturated heterocycles. The lowest BCUT2D eigenvalue weighted by molar-refractivity contribution is -0.0133. The van der Waals surface area contributed by atoms with Crippen LogP contribution in [-0.2, 0) is 0 Å². The quantitative estimate of drug-likeness (QED) is 0.873. The van der Waals surface area contributed by atoms with E-state index in [4.69, 9.17) is 0 Å². The van der Waals surface area contributed by atoms with E-state index in [0.717, 1.165) is 25.8 Å². The molecule has 0 aliphatic heterocycles. The maximum absolute atomic E-state index is 10.6. The number of rotatable bonds is 4. The number of hydrogen-bond acceptors (Lipinski definition) is 3. The van der Waals surface area contributed by atoms with E-state index in [1.54, 1.807) is 11.3 Å². The lowest BCUT2D eigenvalue weighted by Gasteiger charge is -2.36. The summed E-state index contributed by atoms with van der Waals surface area (Å²) in [6, 6.07) is 2.50. The Kier molecular flexibility index (Phi) is 4.46. The first-order chi connectivity index (χ1) is 8.50. The third kappa shape index (κ3) is 3.34. The van der Waals surface area contributed by atoms with Crippen LogP contribution in [0, 0.1) is 12.8 Å². The van der Waals surface area contributed by atoms with Crippen molar-refractivity contribution >= 4 is 11.3 Å². The summed E-state index contributed by atoms with van der Waals surface area (Å²) in [5.74, 6) is 0.657. The molecule has 1 aromatic heterocycles. The largest absolute Gasteiger partial charge is 0.389 e. The third-order valence-electron chi connectivity index (χ3n) is 4.10. The van der Waals surface area contributed by atoms with Crippen LogP contribution >= 0.6 is 11.3 Å². The van der Waals surface area contributed by atoms with Gasteiger partial charge >= 0.3 is 0 Å². The van der Waals surface area contributed by atoms with Crippen molar-refractivity contribution in [2.45, 2.75) is 58.1 Å². The summed E-state index contributed by atoms with van der Waals surface area (Å²) in [6.45, 7) is 7.31. The fourth-order valence-electron chi connectivity index (χ4n) is 3.06. The Morgan fingerprint density at radius 2 is 2.39 bits per heavy atom. The number of thiophene rings is 1. The first-order valence-corrected chi connectivity index (χ1v) is 7.88. The zero-order chi connectivity index (χ0) is 13.2. The second-order valence-electron chi connectivity index (χ2n) is 6.00. The van der Waals surface area contributed by atoms with Crippen LogP contribution in [0.25, 0.3) is 0 Å². The summed E-state index contributed by atoms with van der Waals surface area (Å²) in [7, 11) is 0. The molecular weight excluding hydrogens is 242 g/mol. The van der Waals surface area contributed by atoms with Crippen molar-refractivity contribution in [2.24, 2.45) is 5.92 Å². The molecule has 3 unspecified atom stereocenters. The SMILES string of the molecule is Cc1ccsc1C(C)NCC1(O)CCCC(C)C1. The van der Waals surface area contributed by atoms with E-state index in [0.29, 0.717) is 12.0 Å². The lowest BCUT2D eigenvalue weighted by Crippen LogP contribution is -2.44. The minimum absolute atomic E-state index is 0.339. The summed E-state index contributed by atoms with van der Waals surface area (Å²) in [5.41, 5.74) is 0.862. The Balaban J connectivity index is 1.89. The molecule has 0 bridgehead atoms. The van der Waals surface area contributed by atoms with Crippen molar-refractivity contribution in [3.05, 3.63) is 21.9 Å². The van der Waals surface area contributed by atoms with Gasteiger partial charge in [-0.3, -0.25) is 0 Å². The molecule has 2 nitrogen and oxygen atoms in total. The van der Waals surface area contributed by atoms with Gasteiger partial charge in [-0.1, -0.05) is 19.8 Å². The standard InChI is InChI=1S/C15H25NOS/c1-11-5-4-7-15(17,9-11)10-16-13(3)14-12(2)6-8-18-14/h6,8,11,13,16-17H,4-5,7,9-10H2,1-3H3. The molecule has 102 valence electrons. The van der Waals surface area contributed by atoms with Gasteiger partial charge in [-0.2, -0.15) is 0 Å². The minimum Gasteiger partial charge on any atom is -0.389 e. The Morgan fingerprint density at radius 1 is 1.61 bits per heavy atom. The number of nitrogens with one attached hydrogen (secondary N) is 1. The first kappa shape index (κ1) is 14.0. The fourth-order valence-corrected chi connectivity index (χ4v) is 4.02. The normalized spacial score (nSPS) is 30.3. The highest BCUT2D eigenvalue weighted by Gasteiger charge is 2.32. The smallest absolute Gasteiger partial charge is 0.0774 e. The van der Waals surface area contributed by atoms with Gasteiger partial charge in [0.1, 0.15) is 0 Å². The minimum atomic E-state index is -0.489. The van der Waals surface area contributed by atoms with Crippen molar-refractivity contribution < 1.29 is 5.11 Å². The number of hydrogen-bond donors (Lipinski definition) is 2. The fraction of sp³-hybridized carbons (Fsp3) is 0.733. The molecule has 0 aromatic carbocycles. The molecule has 2 N–H and O–H groups in total. The zero-order valence-corrected chi connectivity index (χ0v) is 12.5. The van der Waals surface area contributed by atoms with Crippen LogP contribution in [0.1, 0.15) is 56.0 Å². The summed E-state index contributed by atoms with van der Waals surface area (Å²) in [6.07, 6.45) is 4.31. The second-order valence-corrected chi connectivity index (χ2v) is 6.94. The van der Waals surface area contributed by atoms with Gasteiger partial charge in [0, 0.05) is 17.5 Å². The van der Waals surface area contributed by atoms with Crippen LogP contribution in [0.15, 0.2) is 11.4 Å². The molecule has 3 atom stereocenters. The van der Waals surface area contributed by atoms with Crippen molar-refractivity contribution in [1.29, 1.82) is 0 Å². The summed E-state index contributed by atoms with van der Waals surface area (Å²) >= 11 is 1.80. The van der Waals surface area contributed by atoms with Crippen LogP contribution in [0.4, 0.5) is 0 Å². The predicted molar refractivity (Wildman–Crippen MR) is 78.1 cm³/mol. The van der Waals surface area contributed by atoms with Crippen molar-refractivity contribution in [3.8, 4) is 0 Å². The van der Waals surface area contributed by atoms with Gasteiger partial charge in [0.05, 0.1) is 5.60 Å². The second kappa shape index (κ2) is 5.72. The van der Waals surface area contributed by atoms with Crippen molar-refractivity contribution in [3.63, 3.8) is 0 Å². The van der Waals surface area contributed by atoms with Crippen LogP contribution in [-0.4, -0.2) is 17.3 Å². The van der Waals surface area contributed by atoms with E-state index in [1.165, 1.54) is 16.9 Å². The molecule has 0 radical (unpaired) electrons. The topological polar surface area (TPSA) is 32.3 Å². The van der Waals surface area contributed by atoms with Gasteiger partial charge in [0.15, 0.2) is 0 Å². The average molecular weight is 267 g/mol. The van der Waals surface area contributed by atoms with Gasteiger partial charge in [-0.25, -0.2) is 0 Å². The molecule has 2 rings (SSSR count). The van der Waals surface area contributed by atoms with E-state index < -0.39 is 5.60 Å². The molecule has 1 aliphatic rings. The lowest BCUT2D eigenvalue weighted by atomic mass is 9.79. The van der Waals surface area contributed by atoms with Gasteiger partial charge < -0.3 is 10.4 Å². The van der Waals surface area contributed by atoms with E-state index in [2.05, 4.69) is 37.5 Å². The monoisotopic (exact) mass is 267 g/mol. The highest BCUT2D eigenvalue weighted by Crippen LogP contribution is 2.32. The molecule has 1 saturated carbocycles. The summed E-state index contributed by atoms with van der Waals surface area (Å²) < 4.78 is 0. The Morgan fingerprint density at radius 3 is 3.00 bits per heavy atom. The maximum atomic E-state index is 10.6. The molecule has 0 amide bonds. The third-order valence-corrected chi connectivity index (χ3v) is 5.30. The van der Waals surface area contributed by atoms with E-state index in [9.17, 15) is 5.11 Å². The Bertz CT molecular complexity index is 390. The Labute approximate surface area is 114 Å². The highest BCUT2D eigenvalue weighted by molar-refractivity contribution is 7.10. The number of aliphatic hydroxyl groups is 1. The highest BCUT2D eigenvalue weighted by atomic mass is 32.1. The van der Waals surface area contributed by atoms with Crippen LogP contribution < -0.4 is 5.32 Å². The molecule has 1 heterocycles. The van der Waals surface area contributed by atoms with E-state index in [-0.39, 0.29) is 0 Å². The predicted octanol–water partition coefficient (Wildman–Crippen LogP) is 3.65. The van der Waals surface area contributed by atoms with Crippen LogP contribution in [0.5, 0.6) is 0 Å². The summed E-state index contributed by atoms with van der Waals surface area (Å²) in [4.78, 5) is 1.39.